The van der Waals surface area contributed by atoms with E-state index in [-0.39, 0.29) is 51.5 Å². The van der Waals surface area contributed by atoms with Crippen molar-refractivity contribution in [2.75, 3.05) is 13.7 Å². The molecule has 0 aromatic heterocycles. The second-order valence-corrected chi connectivity index (χ2v) is 12.8. The first-order valence-corrected chi connectivity index (χ1v) is 14.5. The SMILES string of the molecule is COC(=O)c1ccc(CCC(=O)N2C[C@@H](CC(C)(C)C)[C@](C#N)(c3ccc(Cl)cc3F)[C@H]2c2cccc(Cl)c2F)cc1F. The smallest absolute Gasteiger partial charge is 0.340 e. The van der Waals surface area contributed by atoms with Gasteiger partial charge in [0.05, 0.1) is 29.8 Å². The number of carbonyl (C=O) groups is 2. The quantitative estimate of drug-likeness (QED) is 0.247. The number of amides is 1. The van der Waals surface area contributed by atoms with Crippen molar-refractivity contribution in [3.05, 3.63) is 104 Å². The average molecular weight is 632 g/mol. The number of benzene rings is 3. The Labute approximate surface area is 259 Å². The molecule has 4 rings (SSSR count). The normalized spacial score (nSPS) is 20.1. The van der Waals surface area contributed by atoms with Crippen LogP contribution >= 0.6 is 23.2 Å². The number of hydrogen-bond donors (Lipinski definition) is 0. The highest BCUT2D eigenvalue weighted by molar-refractivity contribution is 6.31. The molecule has 1 saturated heterocycles. The third kappa shape index (κ3) is 6.39. The summed E-state index contributed by atoms with van der Waals surface area (Å²) in [6.45, 7) is 5.95. The minimum Gasteiger partial charge on any atom is -0.465 e. The molecule has 1 fully saturated rings. The number of nitriles is 1. The maximum absolute atomic E-state index is 15.8. The summed E-state index contributed by atoms with van der Waals surface area (Å²) in [5.41, 5.74) is -1.83. The molecule has 10 heteroatoms. The summed E-state index contributed by atoms with van der Waals surface area (Å²) in [5, 5.41) is 10.9. The highest BCUT2D eigenvalue weighted by Gasteiger charge is 2.59. The number of aryl methyl sites for hydroxylation is 1. The molecule has 0 N–H and O–H groups in total. The van der Waals surface area contributed by atoms with Gasteiger partial charge in [0, 0.05) is 35.0 Å². The van der Waals surface area contributed by atoms with Gasteiger partial charge in [-0.1, -0.05) is 68.2 Å². The Bertz CT molecular complexity index is 1600. The van der Waals surface area contributed by atoms with Crippen LogP contribution in [0.3, 0.4) is 0 Å². The number of methoxy groups -OCH3 is 1. The van der Waals surface area contributed by atoms with Gasteiger partial charge in [0.2, 0.25) is 5.91 Å². The summed E-state index contributed by atoms with van der Waals surface area (Å²) < 4.78 is 50.6. The molecule has 43 heavy (non-hydrogen) atoms. The summed E-state index contributed by atoms with van der Waals surface area (Å²) >= 11 is 12.2. The van der Waals surface area contributed by atoms with Crippen molar-refractivity contribution in [2.45, 2.75) is 51.5 Å². The van der Waals surface area contributed by atoms with Gasteiger partial charge < -0.3 is 9.64 Å². The van der Waals surface area contributed by atoms with Crippen LogP contribution in [0.15, 0.2) is 54.6 Å². The van der Waals surface area contributed by atoms with Crippen LogP contribution in [0.4, 0.5) is 13.2 Å². The molecule has 3 atom stereocenters. The van der Waals surface area contributed by atoms with Crippen LogP contribution in [0.5, 0.6) is 0 Å². The minimum atomic E-state index is -1.70. The van der Waals surface area contributed by atoms with Crippen LogP contribution in [0.25, 0.3) is 0 Å². The van der Waals surface area contributed by atoms with E-state index < -0.39 is 46.7 Å². The predicted molar refractivity (Wildman–Crippen MR) is 158 cm³/mol. The van der Waals surface area contributed by atoms with Crippen molar-refractivity contribution in [3.63, 3.8) is 0 Å². The molecule has 1 heterocycles. The maximum atomic E-state index is 15.8. The Hall–Kier alpha value is -3.54. The molecule has 5 nitrogen and oxygen atoms in total. The Morgan fingerprint density at radius 1 is 1.07 bits per heavy atom. The third-order valence-electron chi connectivity index (χ3n) is 7.89. The van der Waals surface area contributed by atoms with E-state index >= 15 is 8.78 Å². The molecule has 1 aliphatic rings. The van der Waals surface area contributed by atoms with E-state index in [0.717, 1.165) is 19.2 Å². The second kappa shape index (κ2) is 12.6. The monoisotopic (exact) mass is 630 g/mol. The Balaban J connectivity index is 1.83. The molecule has 0 aliphatic carbocycles. The lowest BCUT2D eigenvalue weighted by atomic mass is 9.63. The van der Waals surface area contributed by atoms with E-state index in [1.54, 1.807) is 0 Å². The van der Waals surface area contributed by atoms with Gasteiger partial charge in [-0.3, -0.25) is 4.79 Å². The average Bonchev–Trinajstić information content (AvgIpc) is 3.25. The Morgan fingerprint density at radius 2 is 1.79 bits per heavy atom. The topological polar surface area (TPSA) is 70.4 Å². The van der Waals surface area contributed by atoms with Crippen molar-refractivity contribution in [3.8, 4) is 6.07 Å². The summed E-state index contributed by atoms with van der Waals surface area (Å²) in [6.07, 6.45) is 0.380. The van der Waals surface area contributed by atoms with Crippen LogP contribution in [0.1, 0.15) is 66.7 Å². The lowest BCUT2D eigenvalue weighted by molar-refractivity contribution is -0.132. The molecular formula is C33H31Cl2F3N2O3. The fourth-order valence-electron chi connectivity index (χ4n) is 6.10. The Kier molecular flexibility index (Phi) is 9.48. The first kappa shape index (κ1) is 32.4. The molecular weight excluding hydrogens is 600 g/mol. The molecule has 0 saturated carbocycles. The first-order chi connectivity index (χ1) is 20.2. The van der Waals surface area contributed by atoms with Gasteiger partial charge in [0.1, 0.15) is 22.9 Å². The van der Waals surface area contributed by atoms with Gasteiger partial charge in [-0.05, 0) is 54.2 Å². The number of likely N-dealkylation sites (tertiary alicyclic amines) is 1. The minimum absolute atomic E-state index is 0.00814. The molecule has 1 amide bonds. The van der Waals surface area contributed by atoms with Crippen LogP contribution in [0.2, 0.25) is 10.0 Å². The van der Waals surface area contributed by atoms with E-state index in [1.807, 2.05) is 20.8 Å². The Morgan fingerprint density at radius 3 is 2.40 bits per heavy atom. The van der Waals surface area contributed by atoms with E-state index in [4.69, 9.17) is 23.2 Å². The summed E-state index contributed by atoms with van der Waals surface area (Å²) in [5.74, 6) is -4.20. The molecule has 0 bridgehead atoms. The second-order valence-electron chi connectivity index (χ2n) is 12.0. The third-order valence-corrected chi connectivity index (χ3v) is 8.41. The standard InChI is InChI=1S/C33H31Cl2F3N2O3/c1-32(2,3)16-20-17-40(28(41)13-9-19-8-11-22(26(36)14-19)31(42)43-4)30(23-6-5-7-25(35)29(23)38)33(20,18-39)24-12-10-21(34)15-27(24)37/h5-8,10-12,14-15,20,30H,9,13,16-17H2,1-4H3/t20-,30-,33-/m1/s1. The van der Waals surface area contributed by atoms with Crippen molar-refractivity contribution in [1.82, 2.24) is 4.90 Å². The van der Waals surface area contributed by atoms with Crippen molar-refractivity contribution in [1.29, 1.82) is 5.26 Å². The number of carbonyl (C=O) groups excluding carboxylic acids is 2. The first-order valence-electron chi connectivity index (χ1n) is 13.7. The van der Waals surface area contributed by atoms with Crippen molar-refractivity contribution < 1.29 is 27.5 Å². The predicted octanol–water partition coefficient (Wildman–Crippen LogP) is 8.23. The zero-order valence-electron chi connectivity index (χ0n) is 24.2. The molecule has 3 aromatic rings. The molecule has 226 valence electrons. The fraction of sp³-hybridized carbons (Fsp3) is 0.364. The van der Waals surface area contributed by atoms with Crippen molar-refractivity contribution in [2.24, 2.45) is 11.3 Å². The number of esters is 1. The number of ether oxygens (including phenoxy) is 1. The van der Waals surface area contributed by atoms with Crippen LogP contribution in [-0.2, 0) is 21.4 Å². The number of nitrogens with zero attached hydrogens (tertiary/aromatic N) is 2. The fourth-order valence-corrected chi connectivity index (χ4v) is 6.44. The van der Waals surface area contributed by atoms with Gasteiger partial charge in [-0.25, -0.2) is 18.0 Å². The molecule has 0 radical (unpaired) electrons. The lowest BCUT2D eigenvalue weighted by Gasteiger charge is -2.38. The number of rotatable bonds is 7. The van der Waals surface area contributed by atoms with Gasteiger partial charge in [-0.2, -0.15) is 5.26 Å². The molecule has 0 spiro atoms. The molecule has 1 aliphatic heterocycles. The van der Waals surface area contributed by atoms with E-state index in [2.05, 4.69) is 10.8 Å². The summed E-state index contributed by atoms with van der Waals surface area (Å²) in [4.78, 5) is 27.1. The van der Waals surface area contributed by atoms with Gasteiger partial charge in [0.25, 0.3) is 0 Å². The summed E-state index contributed by atoms with van der Waals surface area (Å²) in [7, 11) is 1.15. The lowest BCUT2D eigenvalue weighted by Crippen LogP contribution is -2.41. The van der Waals surface area contributed by atoms with Crippen LogP contribution < -0.4 is 0 Å². The largest absolute Gasteiger partial charge is 0.465 e. The zero-order chi connectivity index (χ0) is 31.7. The van der Waals surface area contributed by atoms with Gasteiger partial charge >= 0.3 is 5.97 Å². The number of hydrogen-bond acceptors (Lipinski definition) is 4. The van der Waals surface area contributed by atoms with Crippen LogP contribution in [-0.4, -0.2) is 30.4 Å². The van der Waals surface area contributed by atoms with Gasteiger partial charge in [0.15, 0.2) is 0 Å². The zero-order valence-corrected chi connectivity index (χ0v) is 25.7. The highest BCUT2D eigenvalue weighted by atomic mass is 35.5. The maximum Gasteiger partial charge on any atom is 0.340 e. The summed E-state index contributed by atoms with van der Waals surface area (Å²) in [6, 6.07) is 13.4. The number of halogens is 5. The van der Waals surface area contributed by atoms with Crippen molar-refractivity contribution >= 4 is 35.1 Å². The molecule has 3 aromatic carbocycles. The van der Waals surface area contributed by atoms with E-state index in [9.17, 15) is 19.2 Å². The highest BCUT2D eigenvalue weighted by Crippen LogP contribution is 2.56. The van der Waals surface area contributed by atoms with E-state index in [0.29, 0.717) is 12.0 Å². The molecule has 0 unspecified atom stereocenters. The van der Waals surface area contributed by atoms with Crippen LogP contribution in [0, 0.1) is 40.1 Å². The van der Waals surface area contributed by atoms with E-state index in [1.165, 1.54) is 47.4 Å². The van der Waals surface area contributed by atoms with Gasteiger partial charge in [-0.15, -0.1) is 0 Å².